The third-order valence-corrected chi connectivity index (χ3v) is 3.45. The van der Waals surface area contributed by atoms with E-state index in [1.165, 1.54) is 20.3 Å². The number of pyridine rings is 1. The van der Waals surface area contributed by atoms with E-state index < -0.39 is 0 Å². The van der Waals surface area contributed by atoms with Crippen molar-refractivity contribution in [1.82, 2.24) is 4.98 Å². The molecule has 0 saturated heterocycles. The summed E-state index contributed by atoms with van der Waals surface area (Å²) in [6, 6.07) is 10.6. The molecule has 2 heterocycles. The van der Waals surface area contributed by atoms with Crippen molar-refractivity contribution in [3.8, 4) is 0 Å². The summed E-state index contributed by atoms with van der Waals surface area (Å²) >= 11 is 1.82. The van der Waals surface area contributed by atoms with Gasteiger partial charge in [-0.15, -0.1) is 11.3 Å². The molecule has 0 aliphatic rings. The second-order valence-corrected chi connectivity index (χ2v) is 4.67. The highest BCUT2D eigenvalue weighted by atomic mass is 32.1. The molecule has 0 N–H and O–H groups in total. The predicted molar refractivity (Wildman–Crippen MR) is 61.9 cm³/mol. The van der Waals surface area contributed by atoms with Crippen LogP contribution in [0.15, 0.2) is 36.5 Å². The van der Waals surface area contributed by atoms with Crippen molar-refractivity contribution >= 4 is 32.3 Å². The Morgan fingerprint density at radius 3 is 2.93 bits per heavy atom. The van der Waals surface area contributed by atoms with Gasteiger partial charge in [-0.1, -0.05) is 18.2 Å². The molecule has 0 radical (unpaired) electrons. The van der Waals surface area contributed by atoms with Gasteiger partial charge in [0.1, 0.15) is 0 Å². The van der Waals surface area contributed by atoms with Gasteiger partial charge in [-0.3, -0.25) is 4.98 Å². The van der Waals surface area contributed by atoms with Gasteiger partial charge in [0.15, 0.2) is 0 Å². The lowest BCUT2D eigenvalue weighted by atomic mass is 10.2. The minimum absolute atomic E-state index is 1.13. The number of nitrogens with zero attached hydrogens (tertiary/aromatic N) is 1. The van der Waals surface area contributed by atoms with Gasteiger partial charge in [0, 0.05) is 16.5 Å². The maximum Gasteiger partial charge on any atom is 0.0880 e. The van der Waals surface area contributed by atoms with Crippen LogP contribution in [0.4, 0.5) is 0 Å². The summed E-state index contributed by atoms with van der Waals surface area (Å²) in [6.45, 7) is 2.14. The van der Waals surface area contributed by atoms with E-state index >= 15 is 0 Å². The zero-order chi connectivity index (χ0) is 9.54. The fourth-order valence-electron chi connectivity index (χ4n) is 1.76. The number of thiophene rings is 1. The molecule has 0 unspecified atom stereocenters. The van der Waals surface area contributed by atoms with Gasteiger partial charge in [0.25, 0.3) is 0 Å². The fraction of sp³-hybridized carbons (Fsp3) is 0.0833. The monoisotopic (exact) mass is 199 g/mol. The molecular weight excluding hydrogens is 190 g/mol. The summed E-state index contributed by atoms with van der Waals surface area (Å²) in [5.74, 6) is 0. The summed E-state index contributed by atoms with van der Waals surface area (Å²) < 4.78 is 1.31. The standard InChI is InChI=1S/C12H9NS/c1-8-7-10-5-4-9-3-2-6-13-11(9)12(10)14-8/h2-7H,1H3. The number of fused-ring (bicyclic) bond motifs is 3. The molecule has 2 heteroatoms. The number of benzene rings is 1. The fourth-order valence-corrected chi connectivity index (χ4v) is 2.78. The number of aryl methyl sites for hydroxylation is 1. The first-order valence-electron chi connectivity index (χ1n) is 4.58. The Balaban J connectivity index is 2.60. The highest BCUT2D eigenvalue weighted by molar-refractivity contribution is 7.19. The van der Waals surface area contributed by atoms with E-state index in [1.54, 1.807) is 0 Å². The van der Waals surface area contributed by atoms with E-state index in [-0.39, 0.29) is 0 Å². The second-order valence-electron chi connectivity index (χ2n) is 3.42. The van der Waals surface area contributed by atoms with Gasteiger partial charge >= 0.3 is 0 Å². The maximum atomic E-state index is 4.43. The molecular formula is C12H9NS. The van der Waals surface area contributed by atoms with Crippen molar-refractivity contribution < 1.29 is 0 Å². The summed E-state index contributed by atoms with van der Waals surface area (Å²) in [5, 5.41) is 2.53. The highest BCUT2D eigenvalue weighted by Crippen LogP contribution is 2.30. The molecule has 3 rings (SSSR count). The lowest BCUT2D eigenvalue weighted by molar-refractivity contribution is 1.43. The molecule has 1 aromatic carbocycles. The van der Waals surface area contributed by atoms with E-state index in [9.17, 15) is 0 Å². The van der Waals surface area contributed by atoms with Gasteiger partial charge in [0.05, 0.1) is 10.2 Å². The first kappa shape index (κ1) is 7.94. The lowest BCUT2D eigenvalue weighted by Crippen LogP contribution is -1.75. The number of rotatable bonds is 0. The van der Waals surface area contributed by atoms with Gasteiger partial charge in [-0.2, -0.15) is 0 Å². The largest absolute Gasteiger partial charge is 0.255 e. The number of aromatic nitrogens is 1. The predicted octanol–water partition coefficient (Wildman–Crippen LogP) is 3.76. The molecule has 0 aliphatic carbocycles. The summed E-state index contributed by atoms with van der Waals surface area (Å²) in [4.78, 5) is 5.78. The van der Waals surface area contributed by atoms with Crippen LogP contribution in [0.3, 0.4) is 0 Å². The zero-order valence-electron chi connectivity index (χ0n) is 7.82. The molecule has 0 bridgehead atoms. The molecule has 2 aromatic heterocycles. The first-order valence-corrected chi connectivity index (χ1v) is 5.40. The smallest absolute Gasteiger partial charge is 0.0880 e. The zero-order valence-corrected chi connectivity index (χ0v) is 8.64. The molecule has 1 nitrogen and oxygen atoms in total. The molecule has 0 atom stereocenters. The topological polar surface area (TPSA) is 12.9 Å². The summed E-state index contributed by atoms with van der Waals surface area (Å²) in [5.41, 5.74) is 1.13. The third-order valence-electron chi connectivity index (χ3n) is 2.38. The van der Waals surface area contributed by atoms with E-state index in [2.05, 4.69) is 36.2 Å². The Bertz CT molecular complexity index is 610. The maximum absolute atomic E-state index is 4.43. The Hall–Kier alpha value is -1.41. The van der Waals surface area contributed by atoms with Crippen LogP contribution in [-0.4, -0.2) is 4.98 Å². The van der Waals surface area contributed by atoms with Crippen molar-refractivity contribution in [2.75, 3.05) is 0 Å². The molecule has 0 fully saturated rings. The van der Waals surface area contributed by atoms with Crippen LogP contribution in [0.1, 0.15) is 4.88 Å². The van der Waals surface area contributed by atoms with E-state index in [0.29, 0.717) is 0 Å². The second kappa shape index (κ2) is 2.79. The van der Waals surface area contributed by atoms with Crippen LogP contribution in [0.5, 0.6) is 0 Å². The minimum atomic E-state index is 1.13. The van der Waals surface area contributed by atoms with Crippen LogP contribution in [0.2, 0.25) is 0 Å². The van der Waals surface area contributed by atoms with E-state index in [4.69, 9.17) is 0 Å². The van der Waals surface area contributed by atoms with Gasteiger partial charge in [-0.25, -0.2) is 0 Å². The van der Waals surface area contributed by atoms with Crippen LogP contribution in [0, 0.1) is 6.92 Å². The molecule has 14 heavy (non-hydrogen) atoms. The van der Waals surface area contributed by atoms with Crippen molar-refractivity contribution in [3.05, 3.63) is 41.4 Å². The van der Waals surface area contributed by atoms with Crippen LogP contribution in [0.25, 0.3) is 21.0 Å². The Labute approximate surface area is 86.0 Å². The van der Waals surface area contributed by atoms with Gasteiger partial charge < -0.3 is 0 Å². The van der Waals surface area contributed by atoms with Crippen molar-refractivity contribution in [3.63, 3.8) is 0 Å². The SMILES string of the molecule is Cc1cc2ccc3cccnc3c2s1. The van der Waals surface area contributed by atoms with Crippen molar-refractivity contribution in [1.29, 1.82) is 0 Å². The highest BCUT2D eigenvalue weighted by Gasteiger charge is 2.03. The van der Waals surface area contributed by atoms with Crippen molar-refractivity contribution in [2.24, 2.45) is 0 Å². The summed E-state index contributed by atoms with van der Waals surface area (Å²) in [6.07, 6.45) is 1.86. The number of hydrogen-bond donors (Lipinski definition) is 0. The molecule has 68 valence electrons. The summed E-state index contributed by atoms with van der Waals surface area (Å²) in [7, 11) is 0. The van der Waals surface area contributed by atoms with Crippen LogP contribution in [-0.2, 0) is 0 Å². The quantitative estimate of drug-likeness (QED) is 0.537. The van der Waals surface area contributed by atoms with Gasteiger partial charge in [0.2, 0.25) is 0 Å². The lowest BCUT2D eigenvalue weighted by Gasteiger charge is -1.96. The molecule has 0 spiro atoms. The normalized spacial score (nSPS) is 11.2. The molecule has 3 aromatic rings. The molecule has 0 amide bonds. The van der Waals surface area contributed by atoms with Crippen LogP contribution < -0.4 is 0 Å². The third kappa shape index (κ3) is 1.04. The Morgan fingerprint density at radius 2 is 2.00 bits per heavy atom. The number of hydrogen-bond acceptors (Lipinski definition) is 2. The Kier molecular flexibility index (Phi) is 1.58. The minimum Gasteiger partial charge on any atom is -0.255 e. The van der Waals surface area contributed by atoms with Crippen molar-refractivity contribution in [2.45, 2.75) is 6.92 Å². The molecule has 0 aliphatic heterocycles. The first-order chi connectivity index (χ1) is 6.84. The van der Waals surface area contributed by atoms with Gasteiger partial charge in [-0.05, 0) is 24.4 Å². The van der Waals surface area contributed by atoms with E-state index in [0.717, 1.165) is 5.52 Å². The van der Waals surface area contributed by atoms with Crippen LogP contribution >= 0.6 is 11.3 Å². The molecule has 0 saturated carbocycles. The average molecular weight is 199 g/mol. The Morgan fingerprint density at radius 1 is 1.14 bits per heavy atom. The average Bonchev–Trinajstić information content (AvgIpc) is 2.59. The van der Waals surface area contributed by atoms with E-state index in [1.807, 2.05) is 23.6 Å².